The van der Waals surface area contributed by atoms with E-state index in [1.807, 2.05) is 0 Å². The Hall–Kier alpha value is -2.48. The first-order valence-electron chi connectivity index (χ1n) is 7.55. The Morgan fingerprint density at radius 3 is 2.65 bits per heavy atom. The van der Waals surface area contributed by atoms with Crippen molar-refractivity contribution < 1.29 is 22.7 Å². The normalized spacial score (nSPS) is 11.2. The van der Waals surface area contributed by atoms with Gasteiger partial charge in [0.25, 0.3) is 5.91 Å². The number of pyridine rings is 1. The summed E-state index contributed by atoms with van der Waals surface area (Å²) in [6.07, 6.45) is -3.77. The highest BCUT2D eigenvalue weighted by molar-refractivity contribution is 6.32. The molecule has 1 aromatic heterocycles. The van der Waals surface area contributed by atoms with Gasteiger partial charge in [0.15, 0.2) is 6.61 Å². The molecular formula is C17H17ClF3N3O2. The van der Waals surface area contributed by atoms with Crippen LogP contribution in [-0.4, -0.2) is 36.5 Å². The van der Waals surface area contributed by atoms with Gasteiger partial charge in [0, 0.05) is 26.8 Å². The summed E-state index contributed by atoms with van der Waals surface area (Å²) in [4.78, 5) is 16.7. The average molecular weight is 388 g/mol. The predicted molar refractivity (Wildman–Crippen MR) is 92.2 cm³/mol. The molecule has 0 atom stereocenters. The number of nitrogens with zero attached hydrogens (tertiary/aromatic N) is 2. The van der Waals surface area contributed by atoms with E-state index in [0.717, 1.165) is 17.8 Å². The van der Waals surface area contributed by atoms with Crippen molar-refractivity contribution in [3.05, 3.63) is 52.7 Å². The van der Waals surface area contributed by atoms with E-state index in [0.29, 0.717) is 5.75 Å². The van der Waals surface area contributed by atoms with Gasteiger partial charge in [0.05, 0.1) is 10.6 Å². The number of carbonyl (C=O) groups excluding carboxylic acids is 1. The van der Waals surface area contributed by atoms with E-state index in [2.05, 4.69) is 10.3 Å². The largest absolute Gasteiger partial charge is 0.484 e. The Kier molecular flexibility index (Phi) is 6.31. The first kappa shape index (κ1) is 19.8. The van der Waals surface area contributed by atoms with Gasteiger partial charge in [-0.1, -0.05) is 23.7 Å². The summed E-state index contributed by atoms with van der Waals surface area (Å²) >= 11 is 5.86. The number of likely N-dealkylation sites (N-methyl/N-ethyl adjacent to an activating group) is 1. The van der Waals surface area contributed by atoms with Crippen LogP contribution in [0.1, 0.15) is 11.1 Å². The maximum atomic E-state index is 12.6. The van der Waals surface area contributed by atoms with Crippen LogP contribution < -0.4 is 10.1 Å². The lowest BCUT2D eigenvalue weighted by Crippen LogP contribution is -2.27. The quantitative estimate of drug-likeness (QED) is 0.818. The number of alkyl halides is 3. The molecule has 0 saturated heterocycles. The molecule has 1 heterocycles. The topological polar surface area (TPSA) is 54.5 Å². The molecule has 1 amide bonds. The fraction of sp³-hybridized carbons (Fsp3) is 0.294. The van der Waals surface area contributed by atoms with Crippen LogP contribution in [0.4, 0.5) is 19.0 Å². The average Bonchev–Trinajstić information content (AvgIpc) is 2.58. The van der Waals surface area contributed by atoms with E-state index in [1.165, 1.54) is 4.90 Å². The zero-order chi connectivity index (χ0) is 19.3. The smallest absolute Gasteiger partial charge is 0.417 e. The highest BCUT2D eigenvalue weighted by atomic mass is 35.5. The maximum Gasteiger partial charge on any atom is 0.417 e. The first-order valence-corrected chi connectivity index (χ1v) is 7.93. The molecule has 0 fully saturated rings. The van der Waals surface area contributed by atoms with E-state index in [-0.39, 0.29) is 29.9 Å². The van der Waals surface area contributed by atoms with Crippen LogP contribution in [0.5, 0.6) is 5.75 Å². The van der Waals surface area contributed by atoms with Crippen LogP contribution in [0.25, 0.3) is 0 Å². The Bertz CT molecular complexity index is 782. The Balaban J connectivity index is 1.99. The van der Waals surface area contributed by atoms with Gasteiger partial charge < -0.3 is 15.0 Å². The number of ether oxygens (including phenoxy) is 1. The third-order valence-electron chi connectivity index (χ3n) is 3.39. The number of rotatable bonds is 6. The van der Waals surface area contributed by atoms with Gasteiger partial charge in [-0.05, 0) is 23.8 Å². The maximum absolute atomic E-state index is 12.6. The second kappa shape index (κ2) is 8.27. The van der Waals surface area contributed by atoms with Crippen LogP contribution in [-0.2, 0) is 17.5 Å². The van der Waals surface area contributed by atoms with Gasteiger partial charge >= 0.3 is 6.18 Å². The minimum atomic E-state index is -4.50. The number of amides is 1. The molecular weight excluding hydrogens is 371 g/mol. The number of benzene rings is 1. The van der Waals surface area contributed by atoms with Gasteiger partial charge in [-0.15, -0.1) is 0 Å². The number of carbonyl (C=O) groups is 1. The molecule has 0 unspecified atom stereocenters. The molecule has 1 aromatic carbocycles. The molecule has 0 aliphatic carbocycles. The van der Waals surface area contributed by atoms with Crippen LogP contribution in [0.2, 0.25) is 5.02 Å². The number of halogens is 4. The summed E-state index contributed by atoms with van der Waals surface area (Å²) < 4.78 is 43.3. The van der Waals surface area contributed by atoms with Gasteiger partial charge in [-0.3, -0.25) is 4.79 Å². The van der Waals surface area contributed by atoms with Crippen LogP contribution in [0, 0.1) is 0 Å². The van der Waals surface area contributed by atoms with Crippen LogP contribution >= 0.6 is 11.6 Å². The summed E-state index contributed by atoms with van der Waals surface area (Å²) in [5.41, 5.74) is -0.119. The van der Waals surface area contributed by atoms with E-state index < -0.39 is 11.7 Å². The molecule has 26 heavy (non-hydrogen) atoms. The highest BCUT2D eigenvalue weighted by Crippen LogP contribution is 2.32. The highest BCUT2D eigenvalue weighted by Gasteiger charge is 2.31. The zero-order valence-electron chi connectivity index (χ0n) is 14.1. The van der Waals surface area contributed by atoms with Crippen molar-refractivity contribution in [1.29, 1.82) is 0 Å². The molecule has 0 saturated carbocycles. The summed E-state index contributed by atoms with van der Waals surface area (Å²) in [6.45, 7) is 0.188. The second-order valence-electron chi connectivity index (χ2n) is 5.63. The lowest BCUT2D eigenvalue weighted by atomic mass is 10.2. The van der Waals surface area contributed by atoms with Gasteiger partial charge in [0.1, 0.15) is 11.6 Å². The third kappa shape index (κ3) is 5.52. The first-order chi connectivity index (χ1) is 12.2. The van der Waals surface area contributed by atoms with Crippen LogP contribution in [0.15, 0.2) is 36.5 Å². The molecule has 2 rings (SSSR count). The molecule has 0 spiro atoms. The summed E-state index contributed by atoms with van der Waals surface area (Å²) in [7, 11) is 3.26. The van der Waals surface area contributed by atoms with Crippen molar-refractivity contribution in [1.82, 2.24) is 9.88 Å². The lowest BCUT2D eigenvalue weighted by Gasteiger charge is -2.13. The molecule has 9 heteroatoms. The monoisotopic (exact) mass is 387 g/mol. The molecule has 5 nitrogen and oxygen atoms in total. The molecule has 0 aliphatic heterocycles. The zero-order valence-corrected chi connectivity index (χ0v) is 14.9. The van der Waals surface area contributed by atoms with Crippen molar-refractivity contribution in [2.75, 3.05) is 26.0 Å². The minimum Gasteiger partial charge on any atom is -0.484 e. The number of hydrogen-bond acceptors (Lipinski definition) is 4. The van der Waals surface area contributed by atoms with Crippen molar-refractivity contribution >= 4 is 23.3 Å². The molecule has 0 bridgehead atoms. The Labute approximate surface area is 153 Å². The standard InChI is InChI=1S/C17H17ClF3N3O2/c1-24(2)15(25)10-26-13-5-3-4-11(6-13)8-22-16-14(18)7-12(9-23-16)17(19,20)21/h3-7,9H,8,10H2,1-2H3,(H,22,23). The number of nitrogens with one attached hydrogen (secondary N) is 1. The summed E-state index contributed by atoms with van der Waals surface area (Å²) in [5.74, 6) is 0.481. The van der Waals surface area contributed by atoms with Gasteiger partial charge in [-0.2, -0.15) is 13.2 Å². The lowest BCUT2D eigenvalue weighted by molar-refractivity contribution is -0.137. The number of aromatic nitrogens is 1. The molecule has 0 radical (unpaired) electrons. The number of hydrogen-bond donors (Lipinski definition) is 1. The van der Waals surface area contributed by atoms with E-state index in [1.54, 1.807) is 38.4 Å². The number of anilines is 1. The van der Waals surface area contributed by atoms with Crippen molar-refractivity contribution in [2.45, 2.75) is 12.7 Å². The Morgan fingerprint density at radius 1 is 1.31 bits per heavy atom. The SMILES string of the molecule is CN(C)C(=O)COc1cccc(CNc2ncc(C(F)(F)F)cc2Cl)c1. The Morgan fingerprint density at radius 2 is 2.04 bits per heavy atom. The predicted octanol–water partition coefficient (Wildman–Crippen LogP) is 3.83. The second-order valence-corrected chi connectivity index (χ2v) is 6.04. The molecule has 0 aliphatic rings. The van der Waals surface area contributed by atoms with Crippen molar-refractivity contribution in [2.24, 2.45) is 0 Å². The summed E-state index contributed by atoms with van der Waals surface area (Å²) in [5, 5.41) is 2.76. The van der Waals surface area contributed by atoms with Crippen molar-refractivity contribution in [3.8, 4) is 5.75 Å². The minimum absolute atomic E-state index is 0.0871. The summed E-state index contributed by atoms with van der Waals surface area (Å²) in [6, 6.07) is 7.78. The van der Waals surface area contributed by atoms with Crippen molar-refractivity contribution in [3.63, 3.8) is 0 Å². The van der Waals surface area contributed by atoms with Crippen LogP contribution in [0.3, 0.4) is 0 Å². The molecule has 1 N–H and O–H groups in total. The van der Waals surface area contributed by atoms with Gasteiger partial charge in [-0.25, -0.2) is 4.98 Å². The van der Waals surface area contributed by atoms with E-state index in [4.69, 9.17) is 16.3 Å². The van der Waals surface area contributed by atoms with E-state index in [9.17, 15) is 18.0 Å². The third-order valence-corrected chi connectivity index (χ3v) is 3.68. The molecule has 140 valence electrons. The fourth-order valence-corrected chi connectivity index (χ4v) is 2.16. The van der Waals surface area contributed by atoms with Gasteiger partial charge in [0.2, 0.25) is 0 Å². The van der Waals surface area contributed by atoms with E-state index >= 15 is 0 Å². The fourth-order valence-electron chi connectivity index (χ4n) is 1.93. The molecule has 2 aromatic rings.